The molecule has 4 amide bonds. The van der Waals surface area contributed by atoms with Gasteiger partial charge in [0.1, 0.15) is 17.1 Å². The van der Waals surface area contributed by atoms with Crippen LogP contribution in [0.15, 0.2) is 60.0 Å². The Morgan fingerprint density at radius 2 is 1.39 bits per heavy atom. The number of aryl methyl sites for hydroxylation is 5. The van der Waals surface area contributed by atoms with Crippen molar-refractivity contribution in [3.8, 4) is 0 Å². The van der Waals surface area contributed by atoms with E-state index in [0.29, 0.717) is 45.9 Å². The van der Waals surface area contributed by atoms with Gasteiger partial charge in [-0.15, -0.1) is 0 Å². The zero-order chi connectivity index (χ0) is 35.8. The molecule has 15 nitrogen and oxygen atoms in total. The van der Waals surface area contributed by atoms with Crippen LogP contribution < -0.4 is 37.9 Å². The van der Waals surface area contributed by atoms with E-state index in [-0.39, 0.29) is 36.6 Å². The highest BCUT2D eigenvalue weighted by molar-refractivity contribution is 9.09. The quantitative estimate of drug-likeness (QED) is 0.0376. The van der Waals surface area contributed by atoms with Crippen LogP contribution in [0.4, 0.5) is 17.1 Å². The van der Waals surface area contributed by atoms with Crippen LogP contribution in [0.25, 0.3) is 0 Å². The first-order valence-corrected chi connectivity index (χ1v) is 16.6. The maximum absolute atomic E-state index is 13.6. The molecule has 0 spiro atoms. The second kappa shape index (κ2) is 16.2. The number of nitrogens with one attached hydrogen (secondary N) is 4. The number of carbonyl (C=O) groups is 4. The van der Waals surface area contributed by atoms with E-state index in [1.165, 1.54) is 10.6 Å². The van der Waals surface area contributed by atoms with Gasteiger partial charge in [0.05, 0.1) is 23.6 Å². The number of alkyl halides is 1. The Kier molecular flexibility index (Phi) is 12.0. The number of hydrogen-bond donors (Lipinski definition) is 6. The zero-order valence-corrected chi connectivity index (χ0v) is 29.7. The molecular formula is C33H42BrN11O4. The first-order chi connectivity index (χ1) is 23.3. The number of nitrogens with zero attached hydrogens (tertiary/aromatic N) is 5. The highest BCUT2D eigenvalue weighted by Gasteiger charge is 2.23. The Morgan fingerprint density at radius 1 is 0.816 bits per heavy atom. The van der Waals surface area contributed by atoms with Crippen molar-refractivity contribution < 1.29 is 19.2 Å². The van der Waals surface area contributed by atoms with Gasteiger partial charge in [0.15, 0.2) is 5.96 Å². The van der Waals surface area contributed by atoms with Gasteiger partial charge in [-0.1, -0.05) is 28.9 Å². The molecule has 3 aromatic heterocycles. The number of halogens is 1. The third kappa shape index (κ3) is 8.97. The average Bonchev–Trinajstić information content (AvgIpc) is 3.74. The summed E-state index contributed by atoms with van der Waals surface area (Å²) >= 11 is 3.40. The molecule has 260 valence electrons. The third-order valence-corrected chi connectivity index (χ3v) is 8.10. The van der Waals surface area contributed by atoms with Gasteiger partial charge in [-0.25, -0.2) is 10.4 Å². The molecule has 16 heteroatoms. The maximum atomic E-state index is 13.6. The van der Waals surface area contributed by atoms with E-state index in [2.05, 4.69) is 49.2 Å². The maximum Gasteiger partial charge on any atom is 0.272 e. The van der Waals surface area contributed by atoms with Gasteiger partial charge in [-0.05, 0) is 54.8 Å². The molecule has 3 heterocycles. The van der Waals surface area contributed by atoms with Crippen LogP contribution in [0.1, 0.15) is 59.9 Å². The lowest BCUT2D eigenvalue weighted by molar-refractivity contribution is 0.0943. The number of aliphatic imine (C=N–C) groups is 1. The number of hydrazine groups is 1. The summed E-state index contributed by atoms with van der Waals surface area (Å²) < 4.78 is 4.80. The summed E-state index contributed by atoms with van der Waals surface area (Å²) in [5.74, 6) is -1.54. The Balaban J connectivity index is 1.45. The summed E-state index contributed by atoms with van der Waals surface area (Å²) in [6.45, 7) is 5.00. The fraction of sp³-hybridized carbons (Fsp3) is 0.303. The number of rotatable bonds is 14. The van der Waals surface area contributed by atoms with Crippen LogP contribution >= 0.6 is 15.9 Å². The van der Waals surface area contributed by atoms with E-state index >= 15 is 0 Å². The summed E-state index contributed by atoms with van der Waals surface area (Å²) in [5.41, 5.74) is 18.7. The summed E-state index contributed by atoms with van der Waals surface area (Å²) in [4.78, 5) is 56.6. The van der Waals surface area contributed by atoms with Gasteiger partial charge in [0, 0.05) is 63.7 Å². The van der Waals surface area contributed by atoms with Crippen molar-refractivity contribution in [2.45, 2.75) is 20.3 Å². The molecule has 0 atom stereocenters. The molecule has 0 fully saturated rings. The van der Waals surface area contributed by atoms with Crippen LogP contribution in [-0.2, 0) is 27.6 Å². The monoisotopic (exact) mass is 735 g/mol. The number of aromatic nitrogens is 3. The number of hydrogen-bond acceptors (Lipinski definition) is 6. The van der Waals surface area contributed by atoms with Crippen molar-refractivity contribution in [1.29, 1.82) is 0 Å². The predicted octanol–water partition coefficient (Wildman–Crippen LogP) is 2.63. The molecule has 0 unspecified atom stereocenters. The molecule has 4 aromatic rings. The smallest absolute Gasteiger partial charge is 0.272 e. The lowest BCUT2D eigenvalue weighted by Gasteiger charge is -2.22. The second-order valence-electron chi connectivity index (χ2n) is 11.3. The molecule has 0 radical (unpaired) electrons. The summed E-state index contributed by atoms with van der Waals surface area (Å²) in [7, 11) is 5.08. The standard InChI is InChI=1S/C33H42BrN11O4/c1-6-21-7-8-22(13-20(21)2)32(49)45(39-10-9-34)25-16-28(44(5)19-25)31(48)41-24-15-27(43(4)18-24)30(47)40-23-14-26(42(3)17-23)29(46)37-11-12-38-33(35)36/h7-8,13-19,39H,6,9-12H2,1-5H3,(H,37,46)(H,40,47)(H,41,48)(H4,35,36,38). The number of guanidine groups is 1. The Hall–Kier alpha value is -5.35. The number of benzene rings is 1. The normalized spacial score (nSPS) is 10.8. The highest BCUT2D eigenvalue weighted by atomic mass is 79.9. The molecule has 0 bridgehead atoms. The van der Waals surface area contributed by atoms with Crippen LogP contribution in [0.5, 0.6) is 0 Å². The number of anilines is 3. The largest absolute Gasteiger partial charge is 0.370 e. The van der Waals surface area contributed by atoms with Gasteiger partial charge < -0.3 is 41.1 Å². The van der Waals surface area contributed by atoms with Crippen molar-refractivity contribution >= 4 is 62.6 Å². The Bertz CT molecular complexity index is 1880. The molecule has 0 aliphatic heterocycles. The topological polar surface area (TPSA) is 199 Å². The zero-order valence-electron chi connectivity index (χ0n) is 28.1. The van der Waals surface area contributed by atoms with E-state index in [1.807, 2.05) is 25.1 Å². The van der Waals surface area contributed by atoms with Crippen molar-refractivity contribution in [2.24, 2.45) is 37.6 Å². The molecule has 0 aliphatic carbocycles. The second-order valence-corrected chi connectivity index (χ2v) is 12.1. The Morgan fingerprint density at radius 3 is 1.94 bits per heavy atom. The van der Waals surface area contributed by atoms with Gasteiger partial charge in [0.2, 0.25) is 0 Å². The number of nitrogens with two attached hydrogens (primary N) is 2. The molecule has 0 aliphatic rings. The van der Waals surface area contributed by atoms with E-state index in [4.69, 9.17) is 11.5 Å². The first-order valence-electron chi connectivity index (χ1n) is 15.5. The molecule has 1 aromatic carbocycles. The number of amides is 4. The first kappa shape index (κ1) is 36.5. The lowest BCUT2D eigenvalue weighted by Crippen LogP contribution is -2.44. The molecule has 0 saturated carbocycles. The van der Waals surface area contributed by atoms with Gasteiger partial charge in [0.25, 0.3) is 23.6 Å². The minimum absolute atomic E-state index is 0.0615. The molecule has 4 rings (SSSR count). The summed E-state index contributed by atoms with van der Waals surface area (Å²) in [6.07, 6.45) is 5.80. The van der Waals surface area contributed by atoms with Crippen LogP contribution in [-0.4, -0.2) is 68.3 Å². The van der Waals surface area contributed by atoms with E-state index in [1.54, 1.807) is 71.6 Å². The molecule has 49 heavy (non-hydrogen) atoms. The van der Waals surface area contributed by atoms with Crippen molar-refractivity contribution in [1.82, 2.24) is 24.4 Å². The summed E-state index contributed by atoms with van der Waals surface area (Å²) in [6, 6.07) is 10.4. The number of carbonyl (C=O) groups excluding carboxylic acids is 4. The van der Waals surface area contributed by atoms with Crippen molar-refractivity contribution in [2.75, 3.05) is 40.6 Å². The molecular weight excluding hydrogens is 694 g/mol. The fourth-order valence-corrected chi connectivity index (χ4v) is 5.41. The van der Waals surface area contributed by atoms with Crippen molar-refractivity contribution in [3.05, 3.63) is 88.8 Å². The Labute approximate surface area is 292 Å². The fourth-order valence-electron chi connectivity index (χ4n) is 5.24. The molecule has 0 saturated heterocycles. The van der Waals surface area contributed by atoms with Gasteiger partial charge in [-0.3, -0.25) is 24.2 Å². The van der Waals surface area contributed by atoms with Gasteiger partial charge >= 0.3 is 0 Å². The third-order valence-electron chi connectivity index (χ3n) is 7.70. The van der Waals surface area contributed by atoms with E-state index in [0.717, 1.165) is 12.0 Å². The van der Waals surface area contributed by atoms with Gasteiger partial charge in [-0.2, -0.15) is 0 Å². The average molecular weight is 737 g/mol. The lowest BCUT2D eigenvalue weighted by atomic mass is 10.0. The van der Waals surface area contributed by atoms with Crippen LogP contribution in [0, 0.1) is 6.92 Å². The minimum atomic E-state index is -0.441. The van der Waals surface area contributed by atoms with Crippen molar-refractivity contribution in [3.63, 3.8) is 0 Å². The van der Waals surface area contributed by atoms with Crippen LogP contribution in [0.2, 0.25) is 0 Å². The van der Waals surface area contributed by atoms with E-state index in [9.17, 15) is 19.2 Å². The molecule has 8 N–H and O–H groups in total. The summed E-state index contributed by atoms with van der Waals surface area (Å²) in [5, 5.41) is 10.4. The van der Waals surface area contributed by atoms with Crippen LogP contribution in [0.3, 0.4) is 0 Å². The van der Waals surface area contributed by atoms with E-state index < -0.39 is 11.8 Å². The SMILES string of the molecule is CCc1ccc(C(=O)N(NCCBr)c2cc(C(=O)Nc3cc(C(=O)Nc4cc(C(=O)NCCN=C(N)N)n(C)c4)n(C)c3)n(C)c2)cc1C. The predicted molar refractivity (Wildman–Crippen MR) is 194 cm³/mol. The minimum Gasteiger partial charge on any atom is -0.370 e. The highest BCUT2D eigenvalue weighted by Crippen LogP contribution is 2.23.